The number of anilines is 3. The van der Waals surface area contributed by atoms with Gasteiger partial charge in [-0.3, -0.25) is 9.58 Å². The zero-order valence-corrected chi connectivity index (χ0v) is 14.7. The van der Waals surface area contributed by atoms with Crippen LogP contribution in [0.1, 0.15) is 18.4 Å². The third-order valence-corrected chi connectivity index (χ3v) is 4.44. The third-order valence-electron chi connectivity index (χ3n) is 4.44. The molecule has 8 heteroatoms. The van der Waals surface area contributed by atoms with E-state index in [4.69, 9.17) is 6.57 Å². The summed E-state index contributed by atoms with van der Waals surface area (Å²) in [5.74, 6) is 1.40. The molecule has 0 saturated carbocycles. The first-order valence-corrected chi connectivity index (χ1v) is 8.56. The van der Waals surface area contributed by atoms with E-state index in [-0.39, 0.29) is 0 Å². The summed E-state index contributed by atoms with van der Waals surface area (Å²) in [6.07, 6.45) is 7.80. The lowest BCUT2D eigenvalue weighted by atomic mass is 10.2. The van der Waals surface area contributed by atoms with Crippen molar-refractivity contribution in [1.29, 1.82) is 0 Å². The van der Waals surface area contributed by atoms with Crippen molar-refractivity contribution in [2.75, 3.05) is 36.8 Å². The van der Waals surface area contributed by atoms with E-state index in [0.717, 1.165) is 43.1 Å². The number of hydrogen-bond donors (Lipinski definition) is 2. The highest BCUT2D eigenvalue weighted by molar-refractivity contribution is 5.54. The first-order valence-electron chi connectivity index (χ1n) is 8.56. The molecule has 0 amide bonds. The van der Waals surface area contributed by atoms with Gasteiger partial charge in [-0.05, 0) is 26.3 Å². The van der Waals surface area contributed by atoms with E-state index in [1.807, 2.05) is 26.4 Å². The molecule has 0 bridgehead atoms. The van der Waals surface area contributed by atoms with Crippen molar-refractivity contribution in [1.82, 2.24) is 24.6 Å². The average molecular weight is 340 g/mol. The van der Waals surface area contributed by atoms with Crippen LogP contribution in [-0.4, -0.2) is 56.9 Å². The summed E-state index contributed by atoms with van der Waals surface area (Å²) in [4.78, 5) is 14.8. The van der Waals surface area contributed by atoms with Crippen LogP contribution in [-0.2, 0) is 7.05 Å². The van der Waals surface area contributed by atoms with Crippen molar-refractivity contribution >= 4 is 17.5 Å². The van der Waals surface area contributed by atoms with E-state index in [0.29, 0.717) is 18.5 Å². The zero-order chi connectivity index (χ0) is 17.6. The van der Waals surface area contributed by atoms with Crippen LogP contribution in [0.5, 0.6) is 0 Å². The van der Waals surface area contributed by atoms with E-state index < -0.39 is 0 Å². The first kappa shape index (κ1) is 17.2. The van der Waals surface area contributed by atoms with Crippen LogP contribution in [0.3, 0.4) is 0 Å². The van der Waals surface area contributed by atoms with Gasteiger partial charge >= 0.3 is 0 Å². The molecule has 0 unspecified atom stereocenters. The topological polar surface area (TPSA) is 75.3 Å². The maximum atomic E-state index is 6.97. The highest BCUT2D eigenvalue weighted by Crippen LogP contribution is 2.20. The number of aromatic nitrogens is 4. The minimum atomic E-state index is 0.464. The molecule has 1 saturated heterocycles. The summed E-state index contributed by atoms with van der Waals surface area (Å²) in [7, 11) is 1.87. The fraction of sp³-hybridized carbons (Fsp3) is 0.529. The SMILES string of the molecule is [C-]#[N+]CCN1CCC[C@H]1CNc1nc(Nc2cnn(C)c2)ncc1C. The normalized spacial score (nSPS) is 17.4. The first-order chi connectivity index (χ1) is 12.2. The quantitative estimate of drug-likeness (QED) is 0.752. The molecule has 132 valence electrons. The summed E-state index contributed by atoms with van der Waals surface area (Å²) in [5.41, 5.74) is 1.88. The molecule has 2 N–H and O–H groups in total. The highest BCUT2D eigenvalue weighted by Gasteiger charge is 2.24. The van der Waals surface area contributed by atoms with E-state index >= 15 is 0 Å². The molecule has 1 atom stereocenters. The lowest BCUT2D eigenvalue weighted by Gasteiger charge is -2.23. The van der Waals surface area contributed by atoms with E-state index in [1.165, 1.54) is 6.42 Å². The molecule has 3 heterocycles. The third kappa shape index (κ3) is 4.45. The minimum absolute atomic E-state index is 0.464. The fourth-order valence-corrected chi connectivity index (χ4v) is 3.11. The molecule has 3 rings (SSSR count). The molecule has 1 fully saturated rings. The predicted molar refractivity (Wildman–Crippen MR) is 97.8 cm³/mol. The van der Waals surface area contributed by atoms with Gasteiger partial charge in [0.25, 0.3) is 0 Å². The lowest BCUT2D eigenvalue weighted by molar-refractivity contribution is 0.274. The van der Waals surface area contributed by atoms with Crippen molar-refractivity contribution in [3.63, 3.8) is 0 Å². The predicted octanol–water partition coefficient (Wildman–Crippen LogP) is 2.06. The van der Waals surface area contributed by atoms with Gasteiger partial charge in [0.05, 0.1) is 18.4 Å². The number of rotatable bonds is 7. The molecule has 2 aromatic rings. The van der Waals surface area contributed by atoms with Gasteiger partial charge in [0.2, 0.25) is 12.5 Å². The van der Waals surface area contributed by atoms with Gasteiger partial charge in [-0.15, -0.1) is 0 Å². The number of nitrogens with zero attached hydrogens (tertiary/aromatic N) is 6. The molecule has 0 aliphatic carbocycles. The molecular weight excluding hydrogens is 316 g/mol. The second-order valence-corrected chi connectivity index (χ2v) is 6.35. The van der Waals surface area contributed by atoms with E-state index in [1.54, 1.807) is 10.9 Å². The lowest BCUT2D eigenvalue weighted by Crippen LogP contribution is -2.36. The number of nitrogens with one attached hydrogen (secondary N) is 2. The highest BCUT2D eigenvalue weighted by atomic mass is 15.3. The molecule has 1 aliphatic heterocycles. The maximum absolute atomic E-state index is 6.97. The summed E-state index contributed by atoms with van der Waals surface area (Å²) < 4.78 is 1.73. The maximum Gasteiger partial charge on any atom is 0.229 e. The van der Waals surface area contributed by atoms with Gasteiger partial charge in [-0.1, -0.05) is 0 Å². The molecule has 0 radical (unpaired) electrons. The minimum Gasteiger partial charge on any atom is -0.368 e. The fourth-order valence-electron chi connectivity index (χ4n) is 3.11. The molecule has 2 aromatic heterocycles. The molecule has 0 spiro atoms. The second-order valence-electron chi connectivity index (χ2n) is 6.35. The van der Waals surface area contributed by atoms with Crippen molar-refractivity contribution in [2.24, 2.45) is 7.05 Å². The van der Waals surface area contributed by atoms with Gasteiger partial charge in [0.15, 0.2) is 0 Å². The monoisotopic (exact) mass is 340 g/mol. The smallest absolute Gasteiger partial charge is 0.229 e. The van der Waals surface area contributed by atoms with Gasteiger partial charge in [-0.25, -0.2) is 11.6 Å². The van der Waals surface area contributed by atoms with E-state index in [2.05, 4.69) is 35.4 Å². The number of hydrogen-bond acceptors (Lipinski definition) is 6. The Morgan fingerprint density at radius 2 is 2.28 bits per heavy atom. The van der Waals surface area contributed by atoms with Crippen molar-refractivity contribution < 1.29 is 0 Å². The van der Waals surface area contributed by atoms with Crippen LogP contribution in [0.25, 0.3) is 4.85 Å². The molecular formula is C17H24N8. The van der Waals surface area contributed by atoms with E-state index in [9.17, 15) is 0 Å². The Bertz CT molecular complexity index is 747. The van der Waals surface area contributed by atoms with Gasteiger partial charge in [0.1, 0.15) is 5.82 Å². The van der Waals surface area contributed by atoms with Crippen LogP contribution in [0.4, 0.5) is 17.5 Å². The summed E-state index contributed by atoms with van der Waals surface area (Å²) >= 11 is 0. The summed E-state index contributed by atoms with van der Waals surface area (Å²) in [5, 5.41) is 10.8. The Labute approximate surface area is 148 Å². The van der Waals surface area contributed by atoms with Gasteiger partial charge in [0, 0.05) is 37.6 Å². The average Bonchev–Trinajstić information content (AvgIpc) is 3.22. The molecule has 25 heavy (non-hydrogen) atoms. The zero-order valence-electron chi connectivity index (χ0n) is 14.7. The van der Waals surface area contributed by atoms with Crippen molar-refractivity contribution in [2.45, 2.75) is 25.8 Å². The van der Waals surface area contributed by atoms with Crippen LogP contribution < -0.4 is 10.6 Å². The standard InChI is InChI=1S/C17H24N8/c1-13-9-20-17(22-14-10-21-24(3)12-14)23-16(13)19-11-15-5-4-7-25(15)8-6-18-2/h9-10,12,15H,4-8,11H2,1,3H3,(H2,19,20,22,23)/t15-/m0/s1. The Morgan fingerprint density at radius 1 is 1.40 bits per heavy atom. The van der Waals surface area contributed by atoms with Gasteiger partial charge in [-0.2, -0.15) is 10.1 Å². The van der Waals surface area contributed by atoms with Crippen LogP contribution >= 0.6 is 0 Å². The van der Waals surface area contributed by atoms with Crippen LogP contribution in [0, 0.1) is 13.5 Å². The largest absolute Gasteiger partial charge is 0.368 e. The molecule has 8 nitrogen and oxygen atoms in total. The Kier molecular flexibility index (Phi) is 5.46. The van der Waals surface area contributed by atoms with Crippen LogP contribution in [0.2, 0.25) is 0 Å². The summed E-state index contributed by atoms with van der Waals surface area (Å²) in [6, 6.07) is 0.464. The summed E-state index contributed by atoms with van der Waals surface area (Å²) in [6.45, 7) is 12.3. The van der Waals surface area contributed by atoms with Crippen molar-refractivity contribution in [3.05, 3.63) is 35.6 Å². The Hall–Kier alpha value is -2.66. The Balaban J connectivity index is 1.62. The van der Waals surface area contributed by atoms with Gasteiger partial charge < -0.3 is 15.5 Å². The Morgan fingerprint density at radius 3 is 3.04 bits per heavy atom. The van der Waals surface area contributed by atoms with Crippen LogP contribution in [0.15, 0.2) is 18.6 Å². The van der Waals surface area contributed by atoms with Crippen molar-refractivity contribution in [3.8, 4) is 0 Å². The second kappa shape index (κ2) is 7.94. The molecule has 0 aromatic carbocycles. The number of likely N-dealkylation sites (tertiary alicyclic amines) is 1. The molecule has 1 aliphatic rings. The number of aryl methyl sites for hydroxylation is 2.